The topological polar surface area (TPSA) is 125 Å². The molecular formula is C19H19N5O5S. The molecule has 1 fully saturated rings. The van der Waals surface area contributed by atoms with E-state index in [0.717, 1.165) is 19.4 Å². The van der Waals surface area contributed by atoms with Crippen molar-refractivity contribution >= 4 is 29.0 Å². The standard InChI is InChI=1S/C19H19N5O5S/c25-17(20-14-6-1-2-7-15(14)24(26)27)12-30-19-22-21-18(16-8-4-10-29-16)23(19)11-13-5-3-9-28-13/h1-2,4,6-8,10,13H,3,5,9,11-12H2,(H,20,25). The molecule has 0 saturated carbocycles. The lowest BCUT2D eigenvalue weighted by molar-refractivity contribution is -0.383. The van der Waals surface area contributed by atoms with Crippen LogP contribution in [-0.2, 0) is 16.1 Å². The van der Waals surface area contributed by atoms with Crippen LogP contribution in [0.1, 0.15) is 12.8 Å². The summed E-state index contributed by atoms with van der Waals surface area (Å²) < 4.78 is 13.1. The molecule has 1 amide bonds. The van der Waals surface area contributed by atoms with Gasteiger partial charge in [0.2, 0.25) is 11.7 Å². The third-order valence-corrected chi connectivity index (χ3v) is 5.54. The van der Waals surface area contributed by atoms with Crippen LogP contribution < -0.4 is 5.32 Å². The fraction of sp³-hybridized carbons (Fsp3) is 0.316. The number of aromatic nitrogens is 3. The third-order valence-electron chi connectivity index (χ3n) is 4.58. The molecule has 0 spiro atoms. The maximum Gasteiger partial charge on any atom is 0.292 e. The van der Waals surface area contributed by atoms with Crippen molar-refractivity contribution in [1.82, 2.24) is 14.8 Å². The average molecular weight is 429 g/mol. The van der Waals surface area contributed by atoms with E-state index in [4.69, 9.17) is 9.15 Å². The number of amides is 1. The van der Waals surface area contributed by atoms with Crippen molar-refractivity contribution in [2.75, 3.05) is 17.7 Å². The van der Waals surface area contributed by atoms with Gasteiger partial charge in [0.05, 0.1) is 29.6 Å². The summed E-state index contributed by atoms with van der Waals surface area (Å²) in [6, 6.07) is 9.58. The Balaban J connectivity index is 1.47. The van der Waals surface area contributed by atoms with Gasteiger partial charge in [-0.1, -0.05) is 23.9 Å². The maximum absolute atomic E-state index is 12.4. The Bertz CT molecular complexity index is 1030. The van der Waals surface area contributed by atoms with Crippen molar-refractivity contribution in [3.05, 3.63) is 52.8 Å². The number of furan rings is 1. The highest BCUT2D eigenvalue weighted by molar-refractivity contribution is 7.99. The van der Waals surface area contributed by atoms with Gasteiger partial charge in [-0.3, -0.25) is 19.5 Å². The first kappa shape index (κ1) is 20.1. The zero-order chi connectivity index (χ0) is 20.9. The van der Waals surface area contributed by atoms with E-state index in [-0.39, 0.29) is 29.1 Å². The number of nitrogens with zero attached hydrogens (tertiary/aromatic N) is 4. The first-order valence-corrected chi connectivity index (χ1v) is 10.3. The molecule has 0 radical (unpaired) electrons. The summed E-state index contributed by atoms with van der Waals surface area (Å²) >= 11 is 1.20. The first-order chi connectivity index (χ1) is 14.6. The predicted molar refractivity (Wildman–Crippen MR) is 109 cm³/mol. The van der Waals surface area contributed by atoms with Crippen molar-refractivity contribution in [2.24, 2.45) is 0 Å². The number of ether oxygens (including phenoxy) is 1. The summed E-state index contributed by atoms with van der Waals surface area (Å²) in [5.41, 5.74) is 0.00250. The predicted octanol–water partition coefficient (Wildman–Crippen LogP) is 3.36. The van der Waals surface area contributed by atoms with Crippen LogP contribution in [0, 0.1) is 10.1 Å². The smallest absolute Gasteiger partial charge is 0.292 e. The normalized spacial score (nSPS) is 15.9. The molecule has 4 rings (SSSR count). The second-order valence-corrected chi connectivity index (χ2v) is 7.58. The van der Waals surface area contributed by atoms with Gasteiger partial charge in [0.1, 0.15) is 5.69 Å². The number of carbonyl (C=O) groups excluding carboxylic acids is 1. The fourth-order valence-corrected chi connectivity index (χ4v) is 3.94. The Hall–Kier alpha value is -3.18. The second-order valence-electron chi connectivity index (χ2n) is 6.64. The van der Waals surface area contributed by atoms with E-state index < -0.39 is 4.92 Å². The zero-order valence-electron chi connectivity index (χ0n) is 15.9. The van der Waals surface area contributed by atoms with E-state index >= 15 is 0 Å². The Morgan fingerprint density at radius 2 is 2.17 bits per heavy atom. The average Bonchev–Trinajstić information content (AvgIpc) is 3.49. The highest BCUT2D eigenvalue weighted by atomic mass is 32.2. The second kappa shape index (κ2) is 9.09. The third kappa shape index (κ3) is 4.52. The number of anilines is 1. The molecule has 1 N–H and O–H groups in total. The molecule has 1 atom stereocenters. The molecular weight excluding hydrogens is 410 g/mol. The summed E-state index contributed by atoms with van der Waals surface area (Å²) in [5.74, 6) is 0.794. The van der Waals surface area contributed by atoms with Crippen LogP contribution in [0.5, 0.6) is 0 Å². The maximum atomic E-state index is 12.4. The summed E-state index contributed by atoms with van der Waals surface area (Å²) in [5, 5.41) is 22.7. The van der Waals surface area contributed by atoms with Crippen LogP contribution in [0.3, 0.4) is 0 Å². The van der Waals surface area contributed by atoms with Crippen LogP contribution >= 0.6 is 11.8 Å². The lowest BCUT2D eigenvalue weighted by Crippen LogP contribution is -2.18. The van der Waals surface area contributed by atoms with Gasteiger partial charge in [0.15, 0.2) is 10.9 Å². The molecule has 1 aliphatic heterocycles. The molecule has 1 aromatic carbocycles. The van der Waals surface area contributed by atoms with E-state index in [9.17, 15) is 14.9 Å². The van der Waals surface area contributed by atoms with Gasteiger partial charge in [-0.2, -0.15) is 0 Å². The van der Waals surface area contributed by atoms with E-state index in [1.807, 2.05) is 4.57 Å². The minimum absolute atomic E-state index is 0.0217. The first-order valence-electron chi connectivity index (χ1n) is 9.36. The van der Waals surface area contributed by atoms with Crippen LogP contribution in [0.25, 0.3) is 11.6 Å². The van der Waals surface area contributed by atoms with Crippen LogP contribution in [0.4, 0.5) is 11.4 Å². The number of nitrogens with one attached hydrogen (secondary N) is 1. The number of nitro groups is 1. The number of rotatable bonds is 8. The van der Waals surface area contributed by atoms with Crippen LogP contribution in [-0.4, -0.2) is 44.1 Å². The Morgan fingerprint density at radius 3 is 2.90 bits per heavy atom. The van der Waals surface area contributed by atoms with Gasteiger partial charge < -0.3 is 14.5 Å². The van der Waals surface area contributed by atoms with Gasteiger partial charge in [0.25, 0.3) is 5.69 Å². The quantitative estimate of drug-likeness (QED) is 0.328. The molecule has 1 saturated heterocycles. The van der Waals surface area contributed by atoms with Gasteiger partial charge >= 0.3 is 0 Å². The minimum Gasteiger partial charge on any atom is -0.461 e. The molecule has 0 bridgehead atoms. The van der Waals surface area contributed by atoms with Gasteiger partial charge in [-0.15, -0.1) is 10.2 Å². The SMILES string of the molecule is O=C(CSc1nnc(-c2ccco2)n1CC1CCCO1)Nc1ccccc1[N+](=O)[O-]. The largest absolute Gasteiger partial charge is 0.461 e. The minimum atomic E-state index is -0.531. The summed E-state index contributed by atoms with van der Waals surface area (Å²) in [7, 11) is 0. The number of hydrogen-bond donors (Lipinski definition) is 1. The van der Waals surface area contributed by atoms with Crippen molar-refractivity contribution in [3.8, 4) is 11.6 Å². The summed E-state index contributed by atoms with van der Waals surface area (Å²) in [4.78, 5) is 23.0. The van der Waals surface area contributed by atoms with E-state index in [2.05, 4.69) is 15.5 Å². The van der Waals surface area contributed by atoms with Gasteiger partial charge in [-0.05, 0) is 31.0 Å². The Kier molecular flexibility index (Phi) is 6.10. The molecule has 1 aliphatic rings. The van der Waals surface area contributed by atoms with E-state index in [1.54, 1.807) is 30.5 Å². The van der Waals surface area contributed by atoms with Gasteiger partial charge in [-0.25, -0.2) is 0 Å². The molecule has 10 nitrogen and oxygen atoms in total. The Labute approximate surface area is 175 Å². The molecule has 0 aliphatic carbocycles. The molecule has 2 aromatic heterocycles. The molecule has 3 aromatic rings. The number of carbonyl (C=O) groups is 1. The lowest BCUT2D eigenvalue weighted by atomic mass is 10.2. The lowest BCUT2D eigenvalue weighted by Gasteiger charge is -2.13. The van der Waals surface area contributed by atoms with Crippen molar-refractivity contribution in [1.29, 1.82) is 0 Å². The van der Waals surface area contributed by atoms with Crippen LogP contribution in [0.15, 0.2) is 52.2 Å². The van der Waals surface area contributed by atoms with E-state index in [0.29, 0.717) is 23.3 Å². The van der Waals surface area contributed by atoms with Crippen LogP contribution in [0.2, 0.25) is 0 Å². The highest BCUT2D eigenvalue weighted by Crippen LogP contribution is 2.28. The van der Waals surface area contributed by atoms with Crippen molar-refractivity contribution in [2.45, 2.75) is 30.6 Å². The van der Waals surface area contributed by atoms with Crippen molar-refractivity contribution < 1.29 is 18.9 Å². The molecule has 156 valence electrons. The highest BCUT2D eigenvalue weighted by Gasteiger charge is 2.23. The Morgan fingerprint density at radius 1 is 1.30 bits per heavy atom. The number of para-hydroxylation sites is 2. The number of nitro benzene ring substituents is 1. The molecule has 11 heteroatoms. The molecule has 3 heterocycles. The molecule has 30 heavy (non-hydrogen) atoms. The monoisotopic (exact) mass is 429 g/mol. The summed E-state index contributed by atoms with van der Waals surface area (Å²) in [6.07, 6.45) is 3.56. The van der Waals surface area contributed by atoms with E-state index in [1.165, 1.54) is 23.9 Å². The number of benzene rings is 1. The molecule has 1 unspecified atom stereocenters. The number of thioether (sulfide) groups is 1. The van der Waals surface area contributed by atoms with Gasteiger partial charge in [0, 0.05) is 12.7 Å². The fourth-order valence-electron chi connectivity index (χ4n) is 3.20. The van der Waals surface area contributed by atoms with Crippen molar-refractivity contribution in [3.63, 3.8) is 0 Å². The zero-order valence-corrected chi connectivity index (χ0v) is 16.7. The number of hydrogen-bond acceptors (Lipinski definition) is 8. The summed E-state index contributed by atoms with van der Waals surface area (Å²) in [6.45, 7) is 1.28.